The highest BCUT2D eigenvalue weighted by Crippen LogP contribution is 2.16. The molecule has 1 amide bonds. The highest BCUT2D eigenvalue weighted by atomic mass is 16.6. The number of hydrogen-bond acceptors (Lipinski definition) is 5. The van der Waals surface area contributed by atoms with E-state index in [9.17, 15) is 24.8 Å². The van der Waals surface area contributed by atoms with Crippen LogP contribution in [0.5, 0.6) is 0 Å². The topological polar surface area (TPSA) is 112 Å². The fourth-order valence-corrected chi connectivity index (χ4v) is 1.11. The van der Waals surface area contributed by atoms with Gasteiger partial charge in [-0.1, -0.05) is 0 Å². The number of hydrogen-bond donors (Lipinski definition) is 1. The van der Waals surface area contributed by atoms with Crippen LogP contribution >= 0.6 is 0 Å². The van der Waals surface area contributed by atoms with Crippen LogP contribution in [0.25, 0.3) is 0 Å². The van der Waals surface area contributed by atoms with Crippen molar-refractivity contribution in [3.63, 3.8) is 0 Å². The Morgan fingerprint density at radius 3 is 2.25 bits per heavy atom. The Balaban J connectivity index is 3.35. The lowest BCUT2D eigenvalue weighted by molar-refractivity contribution is -0.385. The van der Waals surface area contributed by atoms with Crippen LogP contribution in [0.3, 0.4) is 0 Å². The zero-order valence-corrected chi connectivity index (χ0v) is 8.22. The molecular formula is C9H7N2O5-. The third-order valence-corrected chi connectivity index (χ3v) is 1.85. The van der Waals surface area contributed by atoms with E-state index in [2.05, 4.69) is 5.32 Å². The predicted molar refractivity (Wildman–Crippen MR) is 50.8 cm³/mol. The Bertz CT molecular complexity index is 437. The number of non-ortho nitro benzene ring substituents is 1. The molecule has 7 nitrogen and oxygen atoms in total. The molecule has 0 aromatic heterocycles. The fourth-order valence-electron chi connectivity index (χ4n) is 1.11. The van der Waals surface area contributed by atoms with E-state index in [1.165, 1.54) is 7.05 Å². The van der Waals surface area contributed by atoms with Crippen molar-refractivity contribution in [3.8, 4) is 0 Å². The second kappa shape index (κ2) is 4.39. The van der Waals surface area contributed by atoms with Crippen molar-refractivity contribution in [2.75, 3.05) is 7.05 Å². The van der Waals surface area contributed by atoms with E-state index in [-0.39, 0.29) is 5.56 Å². The van der Waals surface area contributed by atoms with Crippen molar-refractivity contribution in [2.45, 2.75) is 0 Å². The smallest absolute Gasteiger partial charge is 0.270 e. The molecule has 84 valence electrons. The first-order valence-corrected chi connectivity index (χ1v) is 4.18. The number of benzene rings is 1. The molecule has 7 heteroatoms. The molecule has 0 heterocycles. The predicted octanol–water partition coefficient (Wildman–Crippen LogP) is -0.682. The Morgan fingerprint density at radius 1 is 1.25 bits per heavy atom. The second-order valence-corrected chi connectivity index (χ2v) is 2.89. The number of nitrogens with one attached hydrogen (secondary N) is 1. The standard InChI is InChI=1S/C9H8N2O5/c1-10-8(12)5-2-6(9(13)14)4-7(3-5)11(15)16/h2-4H,1H3,(H,10,12)(H,13,14)/p-1. The molecule has 1 rings (SSSR count). The molecule has 1 N–H and O–H groups in total. The van der Waals surface area contributed by atoms with Gasteiger partial charge in [0.25, 0.3) is 11.6 Å². The summed E-state index contributed by atoms with van der Waals surface area (Å²) in [7, 11) is 1.33. The average molecular weight is 223 g/mol. The van der Waals surface area contributed by atoms with Crippen LogP contribution in [0.1, 0.15) is 20.7 Å². The maximum Gasteiger partial charge on any atom is 0.270 e. The molecule has 0 aliphatic carbocycles. The maximum absolute atomic E-state index is 11.2. The van der Waals surface area contributed by atoms with Crippen LogP contribution in [0.15, 0.2) is 18.2 Å². The third-order valence-electron chi connectivity index (χ3n) is 1.85. The van der Waals surface area contributed by atoms with Crippen LogP contribution in [0, 0.1) is 10.1 Å². The summed E-state index contributed by atoms with van der Waals surface area (Å²) < 4.78 is 0. The molecule has 0 saturated carbocycles. The number of nitrogens with zero attached hydrogens (tertiary/aromatic N) is 1. The first-order valence-electron chi connectivity index (χ1n) is 4.18. The van der Waals surface area contributed by atoms with Crippen molar-refractivity contribution < 1.29 is 19.6 Å². The summed E-state index contributed by atoms with van der Waals surface area (Å²) in [5, 5.41) is 23.3. The van der Waals surface area contributed by atoms with E-state index in [0.717, 1.165) is 18.2 Å². The van der Waals surface area contributed by atoms with Crippen LogP contribution in [-0.4, -0.2) is 23.8 Å². The molecule has 0 spiro atoms. The van der Waals surface area contributed by atoms with Crippen molar-refractivity contribution >= 4 is 17.6 Å². The first kappa shape index (κ1) is 11.6. The van der Waals surface area contributed by atoms with Gasteiger partial charge < -0.3 is 15.2 Å². The highest BCUT2D eigenvalue weighted by molar-refractivity contribution is 5.97. The van der Waals surface area contributed by atoms with Gasteiger partial charge in [-0.25, -0.2) is 0 Å². The molecule has 0 fully saturated rings. The zero-order valence-electron chi connectivity index (χ0n) is 8.22. The molecule has 0 unspecified atom stereocenters. The summed E-state index contributed by atoms with van der Waals surface area (Å²) in [6.45, 7) is 0. The number of nitro benzene ring substituents is 1. The summed E-state index contributed by atoms with van der Waals surface area (Å²) in [5.41, 5.74) is -0.982. The number of aromatic carboxylic acids is 1. The van der Waals surface area contributed by atoms with Gasteiger partial charge in [-0.2, -0.15) is 0 Å². The van der Waals surface area contributed by atoms with Crippen LogP contribution in [-0.2, 0) is 0 Å². The fraction of sp³-hybridized carbons (Fsp3) is 0.111. The molecule has 0 aliphatic rings. The monoisotopic (exact) mass is 223 g/mol. The number of carboxylic acid groups (broad SMARTS) is 1. The van der Waals surface area contributed by atoms with Gasteiger partial charge in [-0.05, 0) is 6.07 Å². The van der Waals surface area contributed by atoms with Gasteiger partial charge in [0.05, 0.1) is 10.9 Å². The Hall–Kier alpha value is -2.44. The average Bonchev–Trinajstić information content (AvgIpc) is 2.27. The summed E-state index contributed by atoms with van der Waals surface area (Å²) in [4.78, 5) is 31.5. The number of carbonyl (C=O) groups is 2. The van der Waals surface area contributed by atoms with Crippen molar-refractivity contribution in [3.05, 3.63) is 39.4 Å². The minimum absolute atomic E-state index is 0.101. The number of carboxylic acids is 1. The van der Waals surface area contributed by atoms with E-state index in [4.69, 9.17) is 0 Å². The van der Waals surface area contributed by atoms with E-state index < -0.39 is 28.1 Å². The Kier molecular flexibility index (Phi) is 3.19. The molecule has 1 aromatic rings. The number of nitro groups is 1. The van der Waals surface area contributed by atoms with Crippen LogP contribution in [0.2, 0.25) is 0 Å². The minimum Gasteiger partial charge on any atom is -0.545 e. The van der Waals surface area contributed by atoms with Gasteiger partial charge in [-0.3, -0.25) is 14.9 Å². The Morgan fingerprint density at radius 2 is 1.81 bits per heavy atom. The Labute approximate surface area is 89.8 Å². The lowest BCUT2D eigenvalue weighted by Crippen LogP contribution is -2.24. The molecule has 0 aliphatic heterocycles. The number of amides is 1. The molecule has 0 radical (unpaired) electrons. The van der Waals surface area contributed by atoms with Crippen LogP contribution < -0.4 is 10.4 Å². The van der Waals surface area contributed by atoms with Gasteiger partial charge in [0.2, 0.25) is 0 Å². The lowest BCUT2D eigenvalue weighted by atomic mass is 10.1. The van der Waals surface area contributed by atoms with E-state index >= 15 is 0 Å². The van der Waals surface area contributed by atoms with Gasteiger partial charge in [-0.15, -0.1) is 0 Å². The zero-order chi connectivity index (χ0) is 12.3. The molecule has 0 saturated heterocycles. The van der Waals surface area contributed by atoms with Crippen LogP contribution in [0.4, 0.5) is 5.69 Å². The van der Waals surface area contributed by atoms with Crippen molar-refractivity contribution in [2.24, 2.45) is 0 Å². The van der Waals surface area contributed by atoms with Crippen molar-refractivity contribution in [1.82, 2.24) is 5.32 Å². The first-order chi connectivity index (χ1) is 7.45. The second-order valence-electron chi connectivity index (χ2n) is 2.89. The molecule has 1 aromatic carbocycles. The van der Waals surface area contributed by atoms with E-state index in [1.54, 1.807) is 0 Å². The minimum atomic E-state index is -1.58. The van der Waals surface area contributed by atoms with Gasteiger partial charge in [0.1, 0.15) is 0 Å². The lowest BCUT2D eigenvalue weighted by Gasteiger charge is -2.05. The molecule has 0 atom stereocenters. The van der Waals surface area contributed by atoms with E-state index in [0.29, 0.717) is 0 Å². The number of carbonyl (C=O) groups excluding carboxylic acids is 2. The van der Waals surface area contributed by atoms with Crippen molar-refractivity contribution in [1.29, 1.82) is 0 Å². The third kappa shape index (κ3) is 2.32. The number of rotatable bonds is 3. The highest BCUT2D eigenvalue weighted by Gasteiger charge is 2.13. The molecule has 0 bridgehead atoms. The van der Waals surface area contributed by atoms with E-state index in [1.807, 2.05) is 0 Å². The van der Waals surface area contributed by atoms with Gasteiger partial charge in [0.15, 0.2) is 0 Å². The largest absolute Gasteiger partial charge is 0.545 e. The SMILES string of the molecule is CNC(=O)c1cc(C(=O)[O-])cc([N+](=O)[O-])c1. The van der Waals surface area contributed by atoms with Gasteiger partial charge >= 0.3 is 0 Å². The summed E-state index contributed by atoms with van der Waals surface area (Å²) in [6, 6.07) is 2.84. The quantitative estimate of drug-likeness (QED) is 0.538. The maximum atomic E-state index is 11.2. The molecule has 16 heavy (non-hydrogen) atoms. The normalized spacial score (nSPS) is 9.56. The summed E-state index contributed by atoms with van der Waals surface area (Å²) in [6.07, 6.45) is 0. The summed E-state index contributed by atoms with van der Waals surface area (Å²) >= 11 is 0. The van der Waals surface area contributed by atoms with Gasteiger partial charge in [0, 0.05) is 30.3 Å². The summed E-state index contributed by atoms with van der Waals surface area (Å²) in [5.74, 6) is -2.18. The molecular weight excluding hydrogens is 216 g/mol.